The first kappa shape index (κ1) is 14.4. The van der Waals surface area contributed by atoms with E-state index in [4.69, 9.17) is 5.73 Å². The third kappa shape index (κ3) is 3.17. The summed E-state index contributed by atoms with van der Waals surface area (Å²) in [5.74, 6) is -1.25. The van der Waals surface area contributed by atoms with Gasteiger partial charge in [0.2, 0.25) is 15.9 Å². The topological polar surface area (TPSA) is 92.5 Å². The number of halogens is 1. The Morgan fingerprint density at radius 1 is 1.44 bits per heavy atom. The first-order valence-electron chi connectivity index (χ1n) is 4.99. The Morgan fingerprint density at radius 2 is 2.06 bits per heavy atom. The Morgan fingerprint density at radius 3 is 2.61 bits per heavy atom. The number of sulfonamides is 1. The number of para-hydroxylation sites is 1. The summed E-state index contributed by atoms with van der Waals surface area (Å²) in [6.07, 6.45) is 0. The molecule has 0 unspecified atom stereocenters. The Labute approximate surface area is 105 Å². The molecular weight excluding hydrogens is 261 g/mol. The van der Waals surface area contributed by atoms with Gasteiger partial charge in [0, 0.05) is 14.1 Å². The molecule has 1 aromatic carbocycles. The summed E-state index contributed by atoms with van der Waals surface area (Å²) in [4.78, 5) is 12.1. The quantitative estimate of drug-likeness (QED) is 0.743. The first-order chi connectivity index (χ1) is 8.25. The molecular formula is C10H14FN3O3S. The molecule has 0 bridgehead atoms. The lowest BCUT2D eigenvalue weighted by Crippen LogP contribution is -2.36. The van der Waals surface area contributed by atoms with E-state index in [0.717, 1.165) is 6.07 Å². The van der Waals surface area contributed by atoms with Crippen LogP contribution in [-0.2, 0) is 14.8 Å². The number of nitrogens with one attached hydrogen (secondary N) is 1. The molecule has 0 fully saturated rings. The van der Waals surface area contributed by atoms with E-state index < -0.39 is 34.0 Å². The normalized spacial score (nSPS) is 11.3. The van der Waals surface area contributed by atoms with E-state index in [1.807, 2.05) is 0 Å². The smallest absolute Gasteiger partial charge is 0.243 e. The van der Waals surface area contributed by atoms with Crippen LogP contribution >= 0.6 is 0 Å². The first-order valence-corrected chi connectivity index (χ1v) is 6.48. The fourth-order valence-corrected chi connectivity index (χ4v) is 2.26. The van der Waals surface area contributed by atoms with Gasteiger partial charge in [-0.2, -0.15) is 0 Å². The maximum absolute atomic E-state index is 13.1. The van der Waals surface area contributed by atoms with Crippen LogP contribution in [0.5, 0.6) is 0 Å². The zero-order chi connectivity index (χ0) is 13.9. The predicted octanol–water partition coefficient (Wildman–Crippen LogP) is -0.226. The van der Waals surface area contributed by atoms with E-state index in [1.54, 1.807) is 0 Å². The third-order valence-electron chi connectivity index (χ3n) is 2.21. The Bertz CT molecular complexity index is 557. The van der Waals surface area contributed by atoms with Crippen molar-refractivity contribution in [3.05, 3.63) is 24.0 Å². The summed E-state index contributed by atoms with van der Waals surface area (Å²) in [6.45, 7) is -0.411. The molecule has 18 heavy (non-hydrogen) atoms. The number of carbonyl (C=O) groups is 1. The fraction of sp³-hybridized carbons (Fsp3) is 0.300. The minimum Gasteiger partial charge on any atom is -0.395 e. The van der Waals surface area contributed by atoms with Crippen molar-refractivity contribution in [2.75, 3.05) is 26.4 Å². The molecule has 0 aliphatic carbocycles. The number of hydrogen-bond donors (Lipinski definition) is 2. The lowest BCUT2D eigenvalue weighted by Gasteiger charge is -2.12. The Hall–Kier alpha value is -1.67. The van der Waals surface area contributed by atoms with Gasteiger partial charge in [0.25, 0.3) is 0 Å². The predicted molar refractivity (Wildman–Crippen MR) is 64.7 cm³/mol. The molecule has 6 nitrogen and oxygen atoms in total. The molecule has 0 heterocycles. The Kier molecular flexibility index (Phi) is 4.25. The van der Waals surface area contributed by atoms with Crippen molar-refractivity contribution in [3.8, 4) is 0 Å². The van der Waals surface area contributed by atoms with Crippen molar-refractivity contribution in [1.82, 2.24) is 9.62 Å². The van der Waals surface area contributed by atoms with E-state index in [-0.39, 0.29) is 4.90 Å². The van der Waals surface area contributed by atoms with Crippen molar-refractivity contribution in [2.45, 2.75) is 4.90 Å². The minimum absolute atomic E-state index is 0.381. The summed E-state index contributed by atoms with van der Waals surface area (Å²) in [5, 5.41) is 0. The van der Waals surface area contributed by atoms with E-state index in [0.29, 0.717) is 0 Å². The van der Waals surface area contributed by atoms with Gasteiger partial charge in [0.05, 0.1) is 12.2 Å². The molecule has 100 valence electrons. The van der Waals surface area contributed by atoms with Crippen LogP contribution in [0.4, 0.5) is 10.1 Å². The molecule has 0 saturated heterocycles. The lowest BCUT2D eigenvalue weighted by atomic mass is 10.3. The largest absolute Gasteiger partial charge is 0.395 e. The number of nitrogen functional groups attached to an aromatic ring is 1. The molecule has 0 aromatic heterocycles. The minimum atomic E-state index is -4.00. The number of anilines is 1. The monoisotopic (exact) mass is 275 g/mol. The fourth-order valence-electron chi connectivity index (χ4n) is 1.14. The second kappa shape index (κ2) is 5.32. The average molecular weight is 275 g/mol. The summed E-state index contributed by atoms with van der Waals surface area (Å²) in [5.41, 5.74) is 4.88. The van der Waals surface area contributed by atoms with Crippen molar-refractivity contribution in [1.29, 1.82) is 0 Å². The number of carbonyl (C=O) groups excluding carboxylic acids is 1. The zero-order valence-electron chi connectivity index (χ0n) is 9.97. The Balaban J connectivity index is 2.94. The lowest BCUT2D eigenvalue weighted by molar-refractivity contribution is -0.127. The van der Waals surface area contributed by atoms with Crippen LogP contribution in [0.1, 0.15) is 0 Å². The molecule has 0 aliphatic rings. The molecule has 1 amide bonds. The van der Waals surface area contributed by atoms with Gasteiger partial charge in [0.15, 0.2) is 0 Å². The summed E-state index contributed by atoms with van der Waals surface area (Å²) < 4.78 is 38.8. The molecule has 3 N–H and O–H groups in total. The van der Waals surface area contributed by atoms with Crippen LogP contribution in [-0.4, -0.2) is 39.9 Å². The van der Waals surface area contributed by atoms with E-state index in [2.05, 4.69) is 4.72 Å². The van der Waals surface area contributed by atoms with Crippen molar-refractivity contribution >= 4 is 21.6 Å². The SMILES string of the molecule is CN(C)C(=O)CNS(=O)(=O)c1cccc(F)c1N. The molecule has 0 radical (unpaired) electrons. The van der Waals surface area contributed by atoms with Crippen LogP contribution in [0.2, 0.25) is 0 Å². The highest BCUT2D eigenvalue weighted by Gasteiger charge is 2.20. The van der Waals surface area contributed by atoms with Crippen LogP contribution < -0.4 is 10.5 Å². The molecule has 0 aliphatic heterocycles. The van der Waals surface area contributed by atoms with Crippen molar-refractivity contribution < 1.29 is 17.6 Å². The highest BCUT2D eigenvalue weighted by Crippen LogP contribution is 2.20. The maximum atomic E-state index is 13.1. The zero-order valence-corrected chi connectivity index (χ0v) is 10.8. The van der Waals surface area contributed by atoms with Crippen LogP contribution in [0, 0.1) is 5.82 Å². The molecule has 0 saturated carbocycles. The number of rotatable bonds is 4. The van der Waals surface area contributed by atoms with Gasteiger partial charge in [-0.25, -0.2) is 17.5 Å². The van der Waals surface area contributed by atoms with Gasteiger partial charge in [0.1, 0.15) is 10.7 Å². The van der Waals surface area contributed by atoms with E-state index in [1.165, 1.54) is 31.1 Å². The number of likely N-dealkylation sites (N-methyl/N-ethyl adjacent to an activating group) is 1. The molecule has 8 heteroatoms. The van der Waals surface area contributed by atoms with Gasteiger partial charge in [-0.15, -0.1) is 0 Å². The highest BCUT2D eigenvalue weighted by atomic mass is 32.2. The van der Waals surface area contributed by atoms with E-state index >= 15 is 0 Å². The number of nitrogens with two attached hydrogens (primary N) is 1. The molecule has 0 spiro atoms. The van der Waals surface area contributed by atoms with Crippen LogP contribution in [0.15, 0.2) is 23.1 Å². The standard InChI is InChI=1S/C10H14FN3O3S/c1-14(2)9(15)6-13-18(16,17)8-5-3-4-7(11)10(8)12/h3-5,13H,6,12H2,1-2H3. The number of amides is 1. The third-order valence-corrected chi connectivity index (χ3v) is 3.67. The molecule has 1 aromatic rings. The second-order valence-electron chi connectivity index (χ2n) is 3.76. The van der Waals surface area contributed by atoms with E-state index in [9.17, 15) is 17.6 Å². The molecule has 0 atom stereocenters. The second-order valence-corrected chi connectivity index (χ2v) is 5.50. The van der Waals surface area contributed by atoms with Crippen LogP contribution in [0.25, 0.3) is 0 Å². The van der Waals surface area contributed by atoms with Gasteiger partial charge in [-0.1, -0.05) is 6.07 Å². The average Bonchev–Trinajstić information content (AvgIpc) is 2.29. The molecule has 1 rings (SSSR count). The highest BCUT2D eigenvalue weighted by molar-refractivity contribution is 7.89. The number of benzene rings is 1. The van der Waals surface area contributed by atoms with Crippen molar-refractivity contribution in [2.24, 2.45) is 0 Å². The van der Waals surface area contributed by atoms with Gasteiger partial charge < -0.3 is 10.6 Å². The van der Waals surface area contributed by atoms with Gasteiger partial charge in [-0.3, -0.25) is 4.79 Å². The summed E-state index contributed by atoms with van der Waals surface area (Å²) in [6, 6.07) is 3.45. The number of nitrogens with zero attached hydrogens (tertiary/aromatic N) is 1. The summed E-state index contributed by atoms with van der Waals surface area (Å²) >= 11 is 0. The number of hydrogen-bond acceptors (Lipinski definition) is 4. The summed E-state index contributed by atoms with van der Waals surface area (Å²) in [7, 11) is -1.02. The maximum Gasteiger partial charge on any atom is 0.243 e. The van der Waals surface area contributed by atoms with Gasteiger partial charge in [-0.05, 0) is 12.1 Å². The van der Waals surface area contributed by atoms with Crippen LogP contribution in [0.3, 0.4) is 0 Å². The van der Waals surface area contributed by atoms with Gasteiger partial charge >= 0.3 is 0 Å². The van der Waals surface area contributed by atoms with Crippen molar-refractivity contribution in [3.63, 3.8) is 0 Å².